The van der Waals surface area contributed by atoms with Crippen LogP contribution in [0, 0.1) is 0 Å². The monoisotopic (exact) mass is 404 g/mol. The van der Waals surface area contributed by atoms with Crippen LogP contribution in [0.1, 0.15) is 5.56 Å². The summed E-state index contributed by atoms with van der Waals surface area (Å²) in [5.74, 6) is 0.832. The summed E-state index contributed by atoms with van der Waals surface area (Å²) in [7, 11) is -1.92. The highest BCUT2D eigenvalue weighted by Crippen LogP contribution is 2.25. The van der Waals surface area contributed by atoms with Crippen molar-refractivity contribution in [3.05, 3.63) is 48.0 Å². The van der Waals surface area contributed by atoms with Crippen LogP contribution in [-0.4, -0.2) is 59.7 Å². The molecule has 27 heavy (non-hydrogen) atoms. The van der Waals surface area contributed by atoms with Crippen LogP contribution in [0.3, 0.4) is 0 Å². The van der Waals surface area contributed by atoms with E-state index in [4.69, 9.17) is 4.74 Å². The van der Waals surface area contributed by atoms with E-state index in [1.165, 1.54) is 0 Å². The molecule has 1 aliphatic heterocycles. The lowest BCUT2D eigenvalue weighted by Gasteiger charge is -2.34. The number of nitrogens with zero attached hydrogens (tertiary/aromatic N) is 4. The SMILES string of the molecule is COc1cccc(CN2CCN(S(=O)(=O)c3cccc4nsnc34)CC2)c1. The summed E-state index contributed by atoms with van der Waals surface area (Å²) in [6, 6.07) is 13.1. The average molecular weight is 405 g/mol. The number of rotatable bonds is 5. The minimum Gasteiger partial charge on any atom is -0.497 e. The van der Waals surface area contributed by atoms with E-state index in [1.54, 1.807) is 29.6 Å². The molecule has 0 unspecified atom stereocenters. The third-order valence-corrected chi connectivity index (χ3v) is 7.21. The predicted octanol–water partition coefficient (Wildman–Crippen LogP) is 2.21. The van der Waals surface area contributed by atoms with Crippen LogP contribution in [0.15, 0.2) is 47.4 Å². The fourth-order valence-corrected chi connectivity index (χ4v) is 5.46. The summed E-state index contributed by atoms with van der Waals surface area (Å²) >= 11 is 1.03. The van der Waals surface area contributed by atoms with E-state index in [0.717, 1.165) is 29.6 Å². The molecule has 0 radical (unpaired) electrons. The lowest BCUT2D eigenvalue weighted by Crippen LogP contribution is -2.48. The van der Waals surface area contributed by atoms with Gasteiger partial charge in [-0.25, -0.2) is 8.42 Å². The molecule has 0 saturated carbocycles. The topological polar surface area (TPSA) is 75.6 Å². The smallest absolute Gasteiger partial charge is 0.245 e. The van der Waals surface area contributed by atoms with Crippen LogP contribution >= 0.6 is 11.7 Å². The highest BCUT2D eigenvalue weighted by atomic mass is 32.2. The molecule has 0 N–H and O–H groups in total. The summed E-state index contributed by atoms with van der Waals surface area (Å²) in [6.07, 6.45) is 0. The lowest BCUT2D eigenvalue weighted by atomic mass is 10.2. The maximum Gasteiger partial charge on any atom is 0.245 e. The van der Waals surface area contributed by atoms with Crippen molar-refractivity contribution in [1.82, 2.24) is 18.0 Å². The van der Waals surface area contributed by atoms with Crippen LogP contribution in [0.2, 0.25) is 0 Å². The molecule has 3 aromatic rings. The second-order valence-corrected chi connectivity index (χ2v) is 8.85. The quantitative estimate of drug-likeness (QED) is 0.649. The summed E-state index contributed by atoms with van der Waals surface area (Å²) in [5.41, 5.74) is 2.24. The third kappa shape index (κ3) is 3.68. The van der Waals surface area contributed by atoms with Gasteiger partial charge in [0.2, 0.25) is 10.0 Å². The number of sulfonamides is 1. The van der Waals surface area contributed by atoms with Crippen molar-refractivity contribution in [3.63, 3.8) is 0 Å². The Balaban J connectivity index is 1.46. The zero-order valence-electron chi connectivity index (χ0n) is 14.9. The minimum atomic E-state index is -3.57. The van der Waals surface area contributed by atoms with Gasteiger partial charge in [-0.2, -0.15) is 13.1 Å². The van der Waals surface area contributed by atoms with Crippen molar-refractivity contribution in [2.75, 3.05) is 33.3 Å². The van der Waals surface area contributed by atoms with Gasteiger partial charge in [-0.1, -0.05) is 18.2 Å². The molecule has 0 atom stereocenters. The molecule has 4 rings (SSSR count). The molecule has 9 heteroatoms. The zero-order valence-corrected chi connectivity index (χ0v) is 16.5. The van der Waals surface area contributed by atoms with Crippen molar-refractivity contribution in [2.45, 2.75) is 11.4 Å². The van der Waals surface area contributed by atoms with Gasteiger partial charge in [0.05, 0.1) is 18.8 Å². The molecule has 142 valence electrons. The number of piperazine rings is 1. The summed E-state index contributed by atoms with van der Waals surface area (Å²) in [5, 5.41) is 0. The van der Waals surface area contributed by atoms with Crippen LogP contribution in [0.5, 0.6) is 5.75 Å². The van der Waals surface area contributed by atoms with Crippen LogP contribution in [0.4, 0.5) is 0 Å². The van der Waals surface area contributed by atoms with Crippen molar-refractivity contribution in [2.24, 2.45) is 0 Å². The molecule has 1 aliphatic rings. The molecule has 1 saturated heterocycles. The second kappa shape index (κ2) is 7.51. The summed E-state index contributed by atoms with van der Waals surface area (Å²) < 4.78 is 41.3. The maximum absolute atomic E-state index is 13.1. The average Bonchev–Trinajstić information content (AvgIpc) is 3.17. The first kappa shape index (κ1) is 18.3. The van der Waals surface area contributed by atoms with Crippen molar-refractivity contribution in [3.8, 4) is 5.75 Å². The minimum absolute atomic E-state index is 0.245. The molecule has 0 spiro atoms. The van der Waals surface area contributed by atoms with Crippen molar-refractivity contribution >= 4 is 32.8 Å². The fourth-order valence-electron chi connectivity index (χ4n) is 3.29. The number of fused-ring (bicyclic) bond motifs is 1. The van der Waals surface area contributed by atoms with E-state index >= 15 is 0 Å². The van der Waals surface area contributed by atoms with E-state index in [9.17, 15) is 8.42 Å². The molecule has 0 aliphatic carbocycles. The molecule has 1 fully saturated rings. The van der Waals surface area contributed by atoms with Gasteiger partial charge in [0.25, 0.3) is 0 Å². The predicted molar refractivity (Wildman–Crippen MR) is 104 cm³/mol. The largest absolute Gasteiger partial charge is 0.497 e. The van der Waals surface area contributed by atoms with E-state index < -0.39 is 10.0 Å². The van der Waals surface area contributed by atoms with E-state index in [0.29, 0.717) is 37.2 Å². The standard InChI is InChI=1S/C18H20N4O3S2/c1-25-15-5-2-4-14(12-15)13-21-8-10-22(11-9-21)27(23,24)17-7-3-6-16-18(17)20-26-19-16/h2-7,12H,8-11,13H2,1H3. The fraction of sp³-hybridized carbons (Fsp3) is 0.333. The second-order valence-electron chi connectivity index (χ2n) is 6.42. The number of hydrogen-bond acceptors (Lipinski definition) is 7. The molecule has 1 aromatic heterocycles. The number of hydrogen-bond donors (Lipinski definition) is 0. The molecule has 0 bridgehead atoms. The Kier molecular flexibility index (Phi) is 5.09. The van der Waals surface area contributed by atoms with Gasteiger partial charge < -0.3 is 4.74 Å². The molecular formula is C18H20N4O3S2. The van der Waals surface area contributed by atoms with Gasteiger partial charge in [-0.15, -0.1) is 0 Å². The molecular weight excluding hydrogens is 384 g/mol. The number of methoxy groups -OCH3 is 1. The maximum atomic E-state index is 13.1. The Morgan fingerprint density at radius 2 is 1.85 bits per heavy atom. The number of benzene rings is 2. The molecule has 7 nitrogen and oxygen atoms in total. The molecule has 0 amide bonds. The Morgan fingerprint density at radius 3 is 2.63 bits per heavy atom. The first-order chi connectivity index (χ1) is 13.1. The van der Waals surface area contributed by atoms with Gasteiger partial charge in [-0.05, 0) is 29.8 Å². The van der Waals surface area contributed by atoms with E-state index in [-0.39, 0.29) is 4.90 Å². The zero-order chi connectivity index (χ0) is 18.9. The Labute approximate surface area is 162 Å². The normalized spacial score (nSPS) is 16.6. The first-order valence-corrected chi connectivity index (χ1v) is 10.8. The molecule has 2 heterocycles. The van der Waals surface area contributed by atoms with Gasteiger partial charge in [0, 0.05) is 32.7 Å². The van der Waals surface area contributed by atoms with Crippen molar-refractivity contribution in [1.29, 1.82) is 0 Å². The van der Waals surface area contributed by atoms with Crippen LogP contribution < -0.4 is 4.74 Å². The van der Waals surface area contributed by atoms with Gasteiger partial charge in [-0.3, -0.25) is 4.90 Å². The molecule has 2 aromatic carbocycles. The summed E-state index contributed by atoms with van der Waals surface area (Å²) in [6.45, 7) is 3.06. The third-order valence-electron chi connectivity index (χ3n) is 4.74. The Bertz CT molecular complexity index is 1040. The summed E-state index contributed by atoms with van der Waals surface area (Å²) in [4.78, 5) is 2.50. The van der Waals surface area contributed by atoms with Gasteiger partial charge >= 0.3 is 0 Å². The number of aromatic nitrogens is 2. The highest BCUT2D eigenvalue weighted by Gasteiger charge is 2.30. The van der Waals surface area contributed by atoms with E-state index in [2.05, 4.69) is 19.7 Å². The number of ether oxygens (including phenoxy) is 1. The van der Waals surface area contributed by atoms with Gasteiger partial charge in [0.15, 0.2) is 0 Å². The Hall–Kier alpha value is -2.07. The lowest BCUT2D eigenvalue weighted by molar-refractivity contribution is 0.181. The first-order valence-electron chi connectivity index (χ1n) is 8.64. The Morgan fingerprint density at radius 1 is 1.07 bits per heavy atom. The van der Waals surface area contributed by atoms with Gasteiger partial charge in [0.1, 0.15) is 21.7 Å². The highest BCUT2D eigenvalue weighted by molar-refractivity contribution is 7.89. The van der Waals surface area contributed by atoms with E-state index in [1.807, 2.05) is 18.2 Å². The van der Waals surface area contributed by atoms with Crippen LogP contribution in [0.25, 0.3) is 11.0 Å². The van der Waals surface area contributed by atoms with Crippen LogP contribution in [-0.2, 0) is 16.6 Å². The van der Waals surface area contributed by atoms with Crippen molar-refractivity contribution < 1.29 is 13.2 Å².